The lowest BCUT2D eigenvalue weighted by molar-refractivity contribution is -0.141. The molecule has 0 radical (unpaired) electrons. The summed E-state index contributed by atoms with van der Waals surface area (Å²) >= 11 is 0. The molecule has 2 rings (SSSR count). The summed E-state index contributed by atoms with van der Waals surface area (Å²) in [6.07, 6.45) is 2.79. The number of nitrogens with one attached hydrogen (secondary N) is 2. The third-order valence-electron chi connectivity index (χ3n) is 3.82. The fourth-order valence-corrected chi connectivity index (χ4v) is 2.67. The van der Waals surface area contributed by atoms with Gasteiger partial charge in [-0.15, -0.1) is 0 Å². The monoisotopic (exact) mass is 302 g/mol. The van der Waals surface area contributed by atoms with Gasteiger partial charge < -0.3 is 10.6 Å². The molecule has 0 bridgehead atoms. The first-order valence-corrected chi connectivity index (χ1v) is 7.37. The molecule has 0 unspecified atom stereocenters. The number of alkyl halides is 3. The number of hydrogen-bond donors (Lipinski definition) is 2. The number of halogens is 3. The molecule has 0 spiro atoms. The molecular weight excluding hydrogens is 281 g/mol. The minimum Gasteiger partial charge on any atom is -0.370 e. The summed E-state index contributed by atoms with van der Waals surface area (Å²) in [6.45, 7) is 0.641. The fourth-order valence-electron chi connectivity index (χ4n) is 2.67. The largest absolute Gasteiger partial charge is 0.433 e. The van der Waals surface area contributed by atoms with Crippen LogP contribution in [-0.4, -0.2) is 23.6 Å². The predicted molar refractivity (Wildman–Crippen MR) is 76.3 cm³/mol. The summed E-state index contributed by atoms with van der Waals surface area (Å²) in [7, 11) is 1.50. The molecule has 21 heavy (non-hydrogen) atoms. The van der Waals surface area contributed by atoms with Crippen LogP contribution in [0.4, 0.5) is 24.9 Å². The molecule has 0 atom stereocenters. The highest BCUT2D eigenvalue weighted by molar-refractivity contribution is 5.42. The van der Waals surface area contributed by atoms with Gasteiger partial charge >= 0.3 is 6.18 Å². The molecule has 1 aromatic rings. The quantitative estimate of drug-likeness (QED) is 0.865. The topological polar surface area (TPSA) is 49.8 Å². The molecule has 1 heterocycles. The minimum absolute atomic E-state index is 0.0232. The van der Waals surface area contributed by atoms with Gasteiger partial charge in [0.1, 0.15) is 5.82 Å². The number of anilines is 2. The molecule has 1 fully saturated rings. The smallest absolute Gasteiger partial charge is 0.370 e. The van der Waals surface area contributed by atoms with E-state index in [1.807, 2.05) is 0 Å². The Morgan fingerprint density at radius 2 is 1.90 bits per heavy atom. The Kier molecular flexibility index (Phi) is 5.25. The molecule has 0 amide bonds. The van der Waals surface area contributed by atoms with Gasteiger partial charge in [-0.25, -0.2) is 4.98 Å². The highest BCUT2D eigenvalue weighted by Crippen LogP contribution is 2.30. The van der Waals surface area contributed by atoms with Crippen molar-refractivity contribution < 1.29 is 13.2 Å². The second-order valence-corrected chi connectivity index (χ2v) is 5.43. The molecule has 7 heteroatoms. The standard InChI is InChI=1S/C14H21F3N4/c1-18-13-20-11(14(15,16)17)9-12(21-13)19-8-7-10-5-3-2-4-6-10/h9-10H,2-8H2,1H3,(H2,18,19,20,21). The van der Waals surface area contributed by atoms with E-state index in [1.54, 1.807) is 0 Å². The Labute approximate surface area is 122 Å². The van der Waals surface area contributed by atoms with Crippen molar-refractivity contribution >= 4 is 11.8 Å². The van der Waals surface area contributed by atoms with Gasteiger partial charge in [0.15, 0.2) is 5.69 Å². The van der Waals surface area contributed by atoms with Gasteiger partial charge in [0.2, 0.25) is 5.95 Å². The summed E-state index contributed by atoms with van der Waals surface area (Å²) < 4.78 is 38.3. The van der Waals surface area contributed by atoms with Gasteiger partial charge in [-0.3, -0.25) is 0 Å². The van der Waals surface area contributed by atoms with E-state index in [9.17, 15) is 13.2 Å². The van der Waals surface area contributed by atoms with Crippen LogP contribution in [0.5, 0.6) is 0 Å². The third-order valence-corrected chi connectivity index (χ3v) is 3.82. The van der Waals surface area contributed by atoms with Crippen molar-refractivity contribution in [2.45, 2.75) is 44.7 Å². The maximum Gasteiger partial charge on any atom is 0.433 e. The number of hydrogen-bond acceptors (Lipinski definition) is 4. The third kappa shape index (κ3) is 4.75. The van der Waals surface area contributed by atoms with Crippen LogP contribution in [0, 0.1) is 5.92 Å². The molecule has 0 aliphatic heterocycles. The average molecular weight is 302 g/mol. The van der Waals surface area contributed by atoms with Crippen LogP contribution in [0.25, 0.3) is 0 Å². The fraction of sp³-hybridized carbons (Fsp3) is 0.714. The predicted octanol–water partition coefficient (Wildman–Crippen LogP) is 3.92. The first-order chi connectivity index (χ1) is 9.99. The first kappa shape index (κ1) is 15.9. The number of aromatic nitrogens is 2. The first-order valence-electron chi connectivity index (χ1n) is 7.37. The van der Waals surface area contributed by atoms with Gasteiger partial charge in [-0.2, -0.15) is 18.2 Å². The summed E-state index contributed by atoms with van der Waals surface area (Å²) in [5.74, 6) is 0.876. The van der Waals surface area contributed by atoms with Crippen molar-refractivity contribution in [2.24, 2.45) is 5.92 Å². The molecule has 1 aliphatic carbocycles. The highest BCUT2D eigenvalue weighted by atomic mass is 19.4. The SMILES string of the molecule is CNc1nc(NCCC2CCCCC2)cc(C(F)(F)F)n1. The van der Waals surface area contributed by atoms with E-state index in [1.165, 1.54) is 39.2 Å². The molecular formula is C14H21F3N4. The Balaban J connectivity index is 1.95. The second kappa shape index (κ2) is 6.95. The van der Waals surface area contributed by atoms with E-state index >= 15 is 0 Å². The van der Waals surface area contributed by atoms with Crippen LogP contribution in [0.15, 0.2) is 6.07 Å². The Morgan fingerprint density at radius 3 is 2.52 bits per heavy atom. The van der Waals surface area contributed by atoms with Gasteiger partial charge in [0, 0.05) is 19.7 Å². The Hall–Kier alpha value is -1.53. The van der Waals surface area contributed by atoms with Crippen molar-refractivity contribution in [3.63, 3.8) is 0 Å². The molecule has 118 valence electrons. The lowest BCUT2D eigenvalue weighted by atomic mass is 9.87. The zero-order valence-electron chi connectivity index (χ0n) is 12.1. The van der Waals surface area contributed by atoms with Gasteiger partial charge in [0.05, 0.1) is 0 Å². The summed E-state index contributed by atoms with van der Waals surface area (Å²) in [5.41, 5.74) is -0.929. The number of rotatable bonds is 5. The molecule has 1 aliphatic rings. The van der Waals surface area contributed by atoms with E-state index in [-0.39, 0.29) is 11.8 Å². The lowest BCUT2D eigenvalue weighted by Crippen LogP contribution is -2.15. The van der Waals surface area contributed by atoms with Gasteiger partial charge in [-0.05, 0) is 12.3 Å². The zero-order chi connectivity index (χ0) is 15.3. The maximum absolute atomic E-state index is 12.8. The lowest BCUT2D eigenvalue weighted by Gasteiger charge is -2.21. The van der Waals surface area contributed by atoms with Crippen molar-refractivity contribution in [1.82, 2.24) is 9.97 Å². The molecule has 0 aromatic carbocycles. The van der Waals surface area contributed by atoms with Crippen LogP contribution in [0.2, 0.25) is 0 Å². The van der Waals surface area contributed by atoms with E-state index in [0.29, 0.717) is 12.5 Å². The molecule has 1 saturated carbocycles. The van der Waals surface area contributed by atoms with E-state index in [4.69, 9.17) is 0 Å². The van der Waals surface area contributed by atoms with Gasteiger partial charge in [-0.1, -0.05) is 32.1 Å². The average Bonchev–Trinajstić information content (AvgIpc) is 2.47. The Morgan fingerprint density at radius 1 is 1.19 bits per heavy atom. The second-order valence-electron chi connectivity index (χ2n) is 5.43. The molecule has 1 aromatic heterocycles. The highest BCUT2D eigenvalue weighted by Gasteiger charge is 2.33. The van der Waals surface area contributed by atoms with Crippen molar-refractivity contribution in [3.05, 3.63) is 11.8 Å². The summed E-state index contributed by atoms with van der Waals surface area (Å²) in [5, 5.41) is 5.55. The van der Waals surface area contributed by atoms with Crippen LogP contribution < -0.4 is 10.6 Å². The van der Waals surface area contributed by atoms with Crippen LogP contribution in [0.3, 0.4) is 0 Å². The van der Waals surface area contributed by atoms with E-state index < -0.39 is 11.9 Å². The summed E-state index contributed by atoms with van der Waals surface area (Å²) in [4.78, 5) is 7.45. The van der Waals surface area contributed by atoms with Crippen LogP contribution >= 0.6 is 0 Å². The molecule has 2 N–H and O–H groups in total. The van der Waals surface area contributed by atoms with Crippen LogP contribution in [-0.2, 0) is 6.18 Å². The maximum atomic E-state index is 12.8. The van der Waals surface area contributed by atoms with Crippen molar-refractivity contribution in [2.75, 3.05) is 24.2 Å². The number of nitrogens with zero attached hydrogens (tertiary/aromatic N) is 2. The van der Waals surface area contributed by atoms with Crippen LogP contribution in [0.1, 0.15) is 44.2 Å². The van der Waals surface area contributed by atoms with E-state index in [0.717, 1.165) is 12.5 Å². The minimum atomic E-state index is -4.46. The van der Waals surface area contributed by atoms with Gasteiger partial charge in [0.25, 0.3) is 0 Å². The zero-order valence-corrected chi connectivity index (χ0v) is 12.1. The van der Waals surface area contributed by atoms with Crippen molar-refractivity contribution in [3.8, 4) is 0 Å². The van der Waals surface area contributed by atoms with E-state index in [2.05, 4.69) is 20.6 Å². The van der Waals surface area contributed by atoms with Crippen molar-refractivity contribution in [1.29, 1.82) is 0 Å². The molecule has 4 nitrogen and oxygen atoms in total. The normalized spacial score (nSPS) is 16.8. The summed E-state index contributed by atoms with van der Waals surface area (Å²) in [6, 6.07) is 0.960. The Bertz CT molecular complexity index is 456. The molecule has 0 saturated heterocycles.